The minimum absolute atomic E-state index is 0.113. The maximum Gasteiger partial charge on any atom is 0.237 e. The lowest BCUT2D eigenvalue weighted by Crippen LogP contribution is -2.43. The average molecular weight is 272 g/mol. The molecular weight excluding hydrogens is 252 g/mol. The predicted molar refractivity (Wildman–Crippen MR) is 78.7 cm³/mol. The highest BCUT2D eigenvalue weighted by Crippen LogP contribution is 2.16. The molecule has 4 N–H and O–H groups in total. The average Bonchev–Trinajstić information content (AvgIpc) is 2.98. The Kier molecular flexibility index (Phi) is 4.53. The summed E-state index contributed by atoms with van der Waals surface area (Å²) in [4.78, 5) is 11.8. The Bertz CT molecular complexity index is 546. The summed E-state index contributed by atoms with van der Waals surface area (Å²) in [5, 5.41) is 9.68. The van der Waals surface area contributed by atoms with Gasteiger partial charge in [-0.05, 0) is 23.1 Å². The first-order valence-corrected chi connectivity index (χ1v) is 6.70. The largest absolute Gasteiger partial charge is 0.351 e. The van der Waals surface area contributed by atoms with Gasteiger partial charge >= 0.3 is 0 Å². The zero-order valence-electron chi connectivity index (χ0n) is 11.8. The van der Waals surface area contributed by atoms with Crippen LogP contribution >= 0.6 is 0 Å². The van der Waals surface area contributed by atoms with Gasteiger partial charge in [-0.3, -0.25) is 9.89 Å². The van der Waals surface area contributed by atoms with Crippen molar-refractivity contribution < 1.29 is 4.79 Å². The van der Waals surface area contributed by atoms with Crippen LogP contribution < -0.4 is 11.1 Å². The number of aromatic nitrogens is 2. The first-order chi connectivity index (χ1) is 9.58. The molecule has 106 valence electrons. The normalized spacial score (nSPS) is 12.4. The van der Waals surface area contributed by atoms with Crippen molar-refractivity contribution in [1.29, 1.82) is 0 Å². The highest BCUT2D eigenvalue weighted by atomic mass is 16.2. The summed E-state index contributed by atoms with van der Waals surface area (Å²) in [7, 11) is 0. The lowest BCUT2D eigenvalue weighted by Gasteiger charge is -2.15. The van der Waals surface area contributed by atoms with E-state index in [-0.39, 0.29) is 11.8 Å². The van der Waals surface area contributed by atoms with Gasteiger partial charge in [-0.2, -0.15) is 5.10 Å². The van der Waals surface area contributed by atoms with E-state index >= 15 is 0 Å². The summed E-state index contributed by atoms with van der Waals surface area (Å²) in [5.41, 5.74) is 8.87. The molecule has 2 aromatic rings. The molecule has 0 saturated heterocycles. The molecule has 1 aromatic heterocycles. The van der Waals surface area contributed by atoms with Crippen molar-refractivity contribution in [1.82, 2.24) is 15.5 Å². The van der Waals surface area contributed by atoms with Gasteiger partial charge in [-0.15, -0.1) is 0 Å². The zero-order valence-corrected chi connectivity index (χ0v) is 11.8. The van der Waals surface area contributed by atoms with Gasteiger partial charge in [0.15, 0.2) is 0 Å². The number of nitrogens with one attached hydrogen (secondary N) is 2. The second-order valence-electron chi connectivity index (χ2n) is 5.15. The van der Waals surface area contributed by atoms with Gasteiger partial charge in [0.05, 0.1) is 11.7 Å². The van der Waals surface area contributed by atoms with E-state index in [0.29, 0.717) is 6.54 Å². The van der Waals surface area contributed by atoms with Crippen LogP contribution in [0.1, 0.15) is 19.4 Å². The monoisotopic (exact) mass is 272 g/mol. The molecule has 0 saturated carbocycles. The SMILES string of the molecule is CC(C)[C@@H](N)C(=O)NCc1ccc(-c2ccn[nH]2)cc1. The number of carbonyl (C=O) groups is 1. The van der Waals surface area contributed by atoms with E-state index in [1.807, 2.05) is 44.2 Å². The van der Waals surface area contributed by atoms with Crippen LogP contribution in [0.5, 0.6) is 0 Å². The maximum atomic E-state index is 11.8. The molecule has 0 spiro atoms. The van der Waals surface area contributed by atoms with E-state index < -0.39 is 6.04 Å². The molecule has 0 aliphatic rings. The molecule has 2 rings (SSSR count). The molecule has 5 nitrogen and oxygen atoms in total. The van der Waals surface area contributed by atoms with E-state index in [1.165, 1.54) is 0 Å². The zero-order chi connectivity index (χ0) is 14.5. The predicted octanol–water partition coefficient (Wildman–Crippen LogP) is 1.68. The van der Waals surface area contributed by atoms with Crippen LogP contribution in [0.4, 0.5) is 0 Å². The molecular formula is C15H20N4O. The molecule has 0 unspecified atom stereocenters. The van der Waals surface area contributed by atoms with Crippen LogP contribution in [-0.2, 0) is 11.3 Å². The number of carbonyl (C=O) groups excluding carboxylic acids is 1. The summed E-state index contributed by atoms with van der Waals surface area (Å²) in [5.74, 6) is 0.0235. The molecule has 1 amide bonds. The third-order valence-electron chi connectivity index (χ3n) is 3.25. The third kappa shape index (κ3) is 3.45. The highest BCUT2D eigenvalue weighted by Gasteiger charge is 2.16. The lowest BCUT2D eigenvalue weighted by atomic mass is 10.0. The minimum atomic E-state index is -0.459. The Hall–Kier alpha value is -2.14. The molecule has 1 aromatic carbocycles. The molecule has 0 aliphatic carbocycles. The summed E-state index contributed by atoms with van der Waals surface area (Å²) in [6.45, 7) is 4.36. The number of aromatic amines is 1. The third-order valence-corrected chi connectivity index (χ3v) is 3.25. The maximum absolute atomic E-state index is 11.8. The summed E-state index contributed by atoms with van der Waals surface area (Å²) >= 11 is 0. The topological polar surface area (TPSA) is 83.8 Å². The first kappa shape index (κ1) is 14.3. The molecule has 1 atom stereocenters. The van der Waals surface area contributed by atoms with Gasteiger partial charge in [0, 0.05) is 12.7 Å². The molecule has 5 heteroatoms. The Morgan fingerprint density at radius 1 is 1.30 bits per heavy atom. The van der Waals surface area contributed by atoms with Crippen molar-refractivity contribution in [2.24, 2.45) is 11.7 Å². The quantitative estimate of drug-likeness (QED) is 0.774. The van der Waals surface area contributed by atoms with Crippen molar-refractivity contribution in [3.05, 3.63) is 42.1 Å². The number of hydrogen-bond acceptors (Lipinski definition) is 3. The van der Waals surface area contributed by atoms with Crippen LogP contribution in [0.15, 0.2) is 36.5 Å². The second kappa shape index (κ2) is 6.34. The van der Waals surface area contributed by atoms with Gasteiger partial charge in [0.25, 0.3) is 0 Å². The number of benzene rings is 1. The van der Waals surface area contributed by atoms with Gasteiger partial charge in [0.1, 0.15) is 0 Å². The smallest absolute Gasteiger partial charge is 0.237 e. The van der Waals surface area contributed by atoms with Crippen LogP contribution in [0.3, 0.4) is 0 Å². The van der Waals surface area contributed by atoms with Crippen molar-refractivity contribution in [3.8, 4) is 11.3 Å². The van der Waals surface area contributed by atoms with Crippen molar-refractivity contribution >= 4 is 5.91 Å². The highest BCUT2D eigenvalue weighted by molar-refractivity contribution is 5.81. The van der Waals surface area contributed by atoms with Gasteiger partial charge in [-0.1, -0.05) is 38.1 Å². The Morgan fingerprint density at radius 3 is 2.55 bits per heavy atom. The number of amides is 1. The fourth-order valence-electron chi connectivity index (χ4n) is 1.83. The summed E-state index contributed by atoms with van der Waals surface area (Å²) in [6, 6.07) is 9.42. The van der Waals surface area contributed by atoms with Crippen LogP contribution in [0.25, 0.3) is 11.3 Å². The first-order valence-electron chi connectivity index (χ1n) is 6.70. The van der Waals surface area contributed by atoms with Crippen LogP contribution in [0.2, 0.25) is 0 Å². The van der Waals surface area contributed by atoms with Crippen molar-refractivity contribution in [2.45, 2.75) is 26.4 Å². The number of nitrogens with zero attached hydrogens (tertiary/aromatic N) is 1. The number of H-pyrrole nitrogens is 1. The standard InChI is InChI=1S/C15H20N4O/c1-10(2)14(16)15(20)17-9-11-3-5-12(6-4-11)13-7-8-18-19-13/h3-8,10,14H,9,16H2,1-2H3,(H,17,20)(H,18,19)/t14-/m1/s1. The van der Waals surface area contributed by atoms with E-state index in [1.54, 1.807) is 6.20 Å². The fraction of sp³-hybridized carbons (Fsp3) is 0.333. The molecule has 0 aliphatic heterocycles. The molecule has 0 fully saturated rings. The Balaban J connectivity index is 1.93. The molecule has 0 bridgehead atoms. The summed E-state index contributed by atoms with van der Waals surface area (Å²) in [6.07, 6.45) is 1.72. The van der Waals surface area contributed by atoms with Crippen molar-refractivity contribution in [2.75, 3.05) is 0 Å². The van der Waals surface area contributed by atoms with E-state index in [9.17, 15) is 4.79 Å². The van der Waals surface area contributed by atoms with Crippen LogP contribution in [-0.4, -0.2) is 22.1 Å². The second-order valence-corrected chi connectivity index (χ2v) is 5.15. The Labute approximate surface area is 118 Å². The van der Waals surface area contributed by atoms with E-state index in [2.05, 4.69) is 15.5 Å². The van der Waals surface area contributed by atoms with Crippen LogP contribution in [0, 0.1) is 5.92 Å². The minimum Gasteiger partial charge on any atom is -0.351 e. The number of nitrogens with two attached hydrogens (primary N) is 1. The molecule has 1 heterocycles. The molecule has 0 radical (unpaired) electrons. The number of rotatable bonds is 5. The lowest BCUT2D eigenvalue weighted by molar-refractivity contribution is -0.123. The van der Waals surface area contributed by atoms with Gasteiger partial charge in [-0.25, -0.2) is 0 Å². The van der Waals surface area contributed by atoms with E-state index in [0.717, 1.165) is 16.8 Å². The number of hydrogen-bond donors (Lipinski definition) is 3. The van der Waals surface area contributed by atoms with Gasteiger partial charge < -0.3 is 11.1 Å². The van der Waals surface area contributed by atoms with E-state index in [4.69, 9.17) is 5.73 Å². The molecule has 20 heavy (non-hydrogen) atoms. The van der Waals surface area contributed by atoms with Gasteiger partial charge in [0.2, 0.25) is 5.91 Å². The Morgan fingerprint density at radius 2 is 2.00 bits per heavy atom. The fourth-order valence-corrected chi connectivity index (χ4v) is 1.83. The van der Waals surface area contributed by atoms with Crippen molar-refractivity contribution in [3.63, 3.8) is 0 Å². The summed E-state index contributed by atoms with van der Waals surface area (Å²) < 4.78 is 0.